The maximum atomic E-state index is 12.4. The minimum absolute atomic E-state index is 0.00671. The van der Waals surface area contributed by atoms with Gasteiger partial charge in [-0.25, -0.2) is 4.99 Å². The lowest BCUT2D eigenvalue weighted by atomic mass is 9.85. The molecule has 0 aliphatic carbocycles. The van der Waals surface area contributed by atoms with Gasteiger partial charge in [-0.1, -0.05) is 45.6 Å². The van der Waals surface area contributed by atoms with Gasteiger partial charge in [0, 0.05) is 31.6 Å². The van der Waals surface area contributed by atoms with Crippen molar-refractivity contribution in [1.82, 2.24) is 4.90 Å². The quantitative estimate of drug-likeness (QED) is 0.340. The third-order valence-electron chi connectivity index (χ3n) is 6.52. The van der Waals surface area contributed by atoms with Crippen molar-refractivity contribution in [2.75, 3.05) is 46.1 Å². The van der Waals surface area contributed by atoms with E-state index in [4.69, 9.17) is 14.2 Å². The van der Waals surface area contributed by atoms with Gasteiger partial charge in [0.2, 0.25) is 5.91 Å². The Kier molecular flexibility index (Phi) is 10.5. The minimum Gasteiger partial charge on any atom is -0.486 e. The first-order valence-electron chi connectivity index (χ1n) is 12.4. The van der Waals surface area contributed by atoms with Crippen molar-refractivity contribution in [2.45, 2.75) is 64.7 Å². The largest absolute Gasteiger partial charge is 0.486 e. The number of hydrogen-bond acceptors (Lipinski definition) is 5. The van der Waals surface area contributed by atoms with Crippen LogP contribution >= 0.6 is 0 Å². The highest BCUT2D eigenvalue weighted by Crippen LogP contribution is 2.35. The molecule has 2 atom stereocenters. The van der Waals surface area contributed by atoms with E-state index in [-0.39, 0.29) is 17.7 Å². The summed E-state index contributed by atoms with van der Waals surface area (Å²) in [4.78, 5) is 19.2. The van der Waals surface area contributed by atoms with E-state index in [1.165, 1.54) is 24.8 Å². The van der Waals surface area contributed by atoms with E-state index in [0.717, 1.165) is 63.6 Å². The minimum atomic E-state index is 0.00671. The van der Waals surface area contributed by atoms with E-state index in [1.54, 1.807) is 0 Å². The number of fused-ring (bicyclic) bond motifs is 1. The average Bonchev–Trinajstić information content (AvgIpc) is 2.84. The molecule has 6 nitrogen and oxygen atoms in total. The highest BCUT2D eigenvalue weighted by molar-refractivity contribution is 5.85. The molecule has 6 heteroatoms. The first-order chi connectivity index (χ1) is 15.7. The van der Waals surface area contributed by atoms with Crippen molar-refractivity contribution >= 4 is 12.1 Å². The lowest BCUT2D eigenvalue weighted by molar-refractivity contribution is -0.117. The van der Waals surface area contributed by atoms with Crippen LogP contribution in [0.5, 0.6) is 11.5 Å². The van der Waals surface area contributed by atoms with Crippen molar-refractivity contribution in [3.63, 3.8) is 0 Å². The predicted molar refractivity (Wildman–Crippen MR) is 128 cm³/mol. The van der Waals surface area contributed by atoms with Gasteiger partial charge in [0.25, 0.3) is 0 Å². The molecule has 0 N–H and O–H groups in total. The van der Waals surface area contributed by atoms with Gasteiger partial charge in [0.05, 0.1) is 13.2 Å². The Morgan fingerprint density at radius 2 is 1.81 bits per heavy atom. The number of unbranched alkanes of at least 4 members (excludes halogenated alkanes) is 4. The van der Waals surface area contributed by atoms with E-state index in [0.29, 0.717) is 19.6 Å². The number of carbonyl (C=O) groups excluding carboxylic acids is 1. The molecule has 0 aromatic heterocycles. The summed E-state index contributed by atoms with van der Waals surface area (Å²) in [5.74, 6) is 2.04. The molecule has 32 heavy (non-hydrogen) atoms. The number of benzene rings is 1. The topological polar surface area (TPSA) is 60.4 Å². The summed E-state index contributed by atoms with van der Waals surface area (Å²) in [6.07, 6.45) is 9.14. The van der Waals surface area contributed by atoms with Gasteiger partial charge in [-0.15, -0.1) is 0 Å². The normalized spacial score (nSPS) is 18.6. The maximum Gasteiger partial charge on any atom is 0.245 e. The molecule has 2 aliphatic heterocycles. The summed E-state index contributed by atoms with van der Waals surface area (Å²) in [5.41, 5.74) is 1.19. The summed E-state index contributed by atoms with van der Waals surface area (Å²) in [6, 6.07) is 6.20. The zero-order valence-electron chi connectivity index (χ0n) is 19.9. The highest BCUT2D eigenvalue weighted by atomic mass is 16.6. The molecule has 1 aromatic rings. The number of aliphatic imine (C=N–C) groups is 1. The molecule has 0 saturated carbocycles. The fourth-order valence-electron chi connectivity index (χ4n) is 4.32. The molecule has 1 unspecified atom stereocenters. The Labute approximate surface area is 193 Å². The number of nitrogens with zero attached hydrogens (tertiary/aromatic N) is 2. The molecule has 1 amide bonds. The molecule has 0 bridgehead atoms. The summed E-state index contributed by atoms with van der Waals surface area (Å²) in [5, 5.41) is 0. The van der Waals surface area contributed by atoms with Crippen LogP contribution in [0.25, 0.3) is 0 Å². The Bertz CT molecular complexity index is 731. The molecule has 2 aliphatic rings. The van der Waals surface area contributed by atoms with Crippen LogP contribution in [-0.2, 0) is 9.53 Å². The fourth-order valence-corrected chi connectivity index (χ4v) is 4.32. The van der Waals surface area contributed by atoms with Crippen LogP contribution in [0.1, 0.15) is 70.3 Å². The van der Waals surface area contributed by atoms with E-state index >= 15 is 0 Å². The first kappa shape index (κ1) is 24.7. The zero-order valence-corrected chi connectivity index (χ0v) is 19.9. The van der Waals surface area contributed by atoms with Crippen LogP contribution in [0.2, 0.25) is 0 Å². The van der Waals surface area contributed by atoms with Crippen LogP contribution in [-0.4, -0.2) is 63.1 Å². The lowest BCUT2D eigenvalue weighted by Crippen LogP contribution is -2.37. The van der Waals surface area contributed by atoms with Crippen LogP contribution < -0.4 is 9.47 Å². The number of rotatable bonds is 12. The fraction of sp³-hybridized carbons (Fsp3) is 0.692. The van der Waals surface area contributed by atoms with Gasteiger partial charge in [0.15, 0.2) is 11.5 Å². The number of ether oxygens (including phenoxy) is 3. The van der Waals surface area contributed by atoms with Gasteiger partial charge in [-0.2, -0.15) is 0 Å². The Morgan fingerprint density at radius 3 is 2.59 bits per heavy atom. The molecule has 1 saturated heterocycles. The molecule has 3 rings (SSSR count). The van der Waals surface area contributed by atoms with E-state index in [1.807, 2.05) is 12.3 Å². The van der Waals surface area contributed by atoms with E-state index in [9.17, 15) is 4.79 Å². The van der Waals surface area contributed by atoms with Crippen molar-refractivity contribution in [3.05, 3.63) is 23.8 Å². The number of carbonyl (C=O) groups is 1. The second kappa shape index (κ2) is 13.6. The molecule has 178 valence electrons. The van der Waals surface area contributed by atoms with Gasteiger partial charge in [-0.05, 0) is 43.0 Å². The average molecular weight is 445 g/mol. The first-order valence-corrected chi connectivity index (χ1v) is 12.4. The van der Waals surface area contributed by atoms with Crippen molar-refractivity contribution < 1.29 is 19.0 Å². The Balaban J connectivity index is 1.62. The molecular weight excluding hydrogens is 404 g/mol. The number of amides is 1. The summed E-state index contributed by atoms with van der Waals surface area (Å²) in [7, 11) is 0. The second-order valence-corrected chi connectivity index (χ2v) is 8.93. The van der Waals surface area contributed by atoms with Crippen LogP contribution in [0.15, 0.2) is 23.2 Å². The standard InChI is InChI=1S/C26H40N2O4/c1-3-4-5-6-7-8-26(29)27-20-23(11-12-28-13-15-30-16-14-28)21(2)22-9-10-24-25(19-22)32-18-17-31-24/h9-10,19-21,23H,3-8,11-18H2,1-2H3/t21-,23?/m1/s1. The molecule has 2 heterocycles. The van der Waals surface area contributed by atoms with Crippen LogP contribution in [0.4, 0.5) is 0 Å². The van der Waals surface area contributed by atoms with Crippen LogP contribution in [0.3, 0.4) is 0 Å². The SMILES string of the molecule is CCCCCCCC(=O)N=CC(CCN1CCOCC1)[C@H](C)c1ccc2c(c1)OCCO2. The second-order valence-electron chi connectivity index (χ2n) is 8.93. The summed E-state index contributed by atoms with van der Waals surface area (Å²) in [6.45, 7) is 10.1. The molecule has 0 radical (unpaired) electrons. The number of morpholine rings is 1. The summed E-state index contributed by atoms with van der Waals surface area (Å²) < 4.78 is 16.9. The van der Waals surface area contributed by atoms with Gasteiger partial charge in [-0.3, -0.25) is 9.69 Å². The van der Waals surface area contributed by atoms with Crippen molar-refractivity contribution in [3.8, 4) is 11.5 Å². The smallest absolute Gasteiger partial charge is 0.245 e. The summed E-state index contributed by atoms with van der Waals surface area (Å²) >= 11 is 0. The molecule has 1 fully saturated rings. The molecule has 1 aromatic carbocycles. The van der Waals surface area contributed by atoms with Gasteiger partial charge < -0.3 is 14.2 Å². The van der Waals surface area contributed by atoms with Gasteiger partial charge >= 0.3 is 0 Å². The maximum absolute atomic E-state index is 12.4. The predicted octanol–water partition coefficient (Wildman–Crippen LogP) is 4.86. The van der Waals surface area contributed by atoms with Gasteiger partial charge in [0.1, 0.15) is 13.2 Å². The van der Waals surface area contributed by atoms with E-state index in [2.05, 4.69) is 35.9 Å². The number of hydrogen-bond donors (Lipinski definition) is 0. The zero-order chi connectivity index (χ0) is 22.6. The van der Waals surface area contributed by atoms with E-state index < -0.39 is 0 Å². The lowest BCUT2D eigenvalue weighted by Gasteiger charge is -2.29. The van der Waals surface area contributed by atoms with Crippen molar-refractivity contribution in [2.24, 2.45) is 10.9 Å². The molecule has 0 spiro atoms. The Hall–Kier alpha value is -1.92. The van der Waals surface area contributed by atoms with Crippen LogP contribution in [0, 0.1) is 5.92 Å². The highest BCUT2D eigenvalue weighted by Gasteiger charge is 2.22. The third kappa shape index (κ3) is 7.89. The third-order valence-corrected chi connectivity index (χ3v) is 6.52. The van der Waals surface area contributed by atoms with Crippen molar-refractivity contribution in [1.29, 1.82) is 0 Å². The Morgan fingerprint density at radius 1 is 1.06 bits per heavy atom. The molecular formula is C26H40N2O4. The monoisotopic (exact) mass is 444 g/mol.